The van der Waals surface area contributed by atoms with Crippen molar-refractivity contribution in [1.29, 1.82) is 0 Å². The lowest BCUT2D eigenvalue weighted by Crippen LogP contribution is -2.04. The second-order valence-corrected chi connectivity index (χ2v) is 5.07. The predicted molar refractivity (Wildman–Crippen MR) is 91.9 cm³/mol. The molecule has 9 heteroatoms. The number of non-ortho nitro benzene ring substituents is 1. The van der Waals surface area contributed by atoms with E-state index in [4.69, 9.17) is 0 Å². The van der Waals surface area contributed by atoms with Gasteiger partial charge in [0.2, 0.25) is 0 Å². The molecule has 2 heterocycles. The minimum Gasteiger partial charge on any atom is -0.506 e. The molecule has 9 nitrogen and oxygen atoms in total. The lowest BCUT2D eigenvalue weighted by atomic mass is 10.0. The van der Waals surface area contributed by atoms with Crippen LogP contribution in [0, 0.1) is 10.1 Å². The molecule has 3 rings (SSSR count). The van der Waals surface area contributed by atoms with Crippen molar-refractivity contribution >= 4 is 17.8 Å². The van der Waals surface area contributed by atoms with Crippen LogP contribution in [0.15, 0.2) is 59.9 Å². The number of aromatic nitrogens is 3. The van der Waals surface area contributed by atoms with Crippen molar-refractivity contribution in [2.75, 3.05) is 0 Å². The Balaban J connectivity index is 1.97. The fourth-order valence-corrected chi connectivity index (χ4v) is 2.20. The summed E-state index contributed by atoms with van der Waals surface area (Å²) in [6.45, 7) is 0. The van der Waals surface area contributed by atoms with Gasteiger partial charge in [0, 0.05) is 23.9 Å². The number of nitrogens with zero attached hydrogens (tertiary/aromatic N) is 5. The molecule has 0 bridgehead atoms. The predicted octanol–water partition coefficient (Wildman–Crippen LogP) is 2.41. The number of carbonyl (C=O) groups is 1. The second-order valence-electron chi connectivity index (χ2n) is 5.07. The Bertz CT molecular complexity index is 1020. The zero-order valence-electron chi connectivity index (χ0n) is 13.2. The molecule has 1 amide bonds. The minimum absolute atomic E-state index is 0.0698. The van der Waals surface area contributed by atoms with Gasteiger partial charge in [0.1, 0.15) is 11.4 Å². The topological polar surface area (TPSA) is 131 Å². The van der Waals surface area contributed by atoms with Gasteiger partial charge in [0.15, 0.2) is 5.69 Å². The molecule has 3 aromatic rings. The minimum atomic E-state index is -0.718. The summed E-state index contributed by atoms with van der Waals surface area (Å²) in [6, 6.07) is 10.3. The molecule has 1 N–H and O–H groups in total. The first-order valence-electron chi connectivity index (χ1n) is 7.35. The number of amides is 1. The average molecular weight is 349 g/mol. The van der Waals surface area contributed by atoms with E-state index in [1.807, 2.05) is 0 Å². The number of hydrogen-bond acceptors (Lipinski definition) is 7. The first-order valence-corrected chi connectivity index (χ1v) is 7.35. The highest BCUT2D eigenvalue weighted by Gasteiger charge is 2.16. The molecule has 0 spiro atoms. The maximum absolute atomic E-state index is 12.4. The summed E-state index contributed by atoms with van der Waals surface area (Å²) < 4.78 is 0. The Labute approximate surface area is 146 Å². The van der Waals surface area contributed by atoms with E-state index in [0.29, 0.717) is 11.1 Å². The molecule has 0 aliphatic rings. The van der Waals surface area contributed by atoms with Gasteiger partial charge in [-0.3, -0.25) is 19.9 Å². The first-order chi connectivity index (χ1) is 12.6. The molecule has 2 aromatic heterocycles. The molecular weight excluding hydrogens is 338 g/mol. The Morgan fingerprint density at radius 2 is 2.04 bits per heavy atom. The molecule has 26 heavy (non-hydrogen) atoms. The fraction of sp³-hybridized carbons (Fsp3) is 0. The standard InChI is InChI=1S/C17H11N5O4/c23-15-5-2-7-18-14(15)10-19-17(24)16-13(6-8-20-21-16)11-3-1-4-12(9-11)22(25)26/h1-10,23H. The summed E-state index contributed by atoms with van der Waals surface area (Å²) in [7, 11) is 0. The van der Waals surface area contributed by atoms with Gasteiger partial charge in [-0.25, -0.2) is 4.99 Å². The number of aromatic hydroxyl groups is 1. The van der Waals surface area contributed by atoms with Gasteiger partial charge in [-0.2, -0.15) is 5.10 Å². The monoisotopic (exact) mass is 349 g/mol. The maximum atomic E-state index is 12.4. The summed E-state index contributed by atoms with van der Waals surface area (Å²) in [4.78, 5) is 30.5. The molecular formula is C17H11N5O4. The number of benzene rings is 1. The molecule has 0 unspecified atom stereocenters. The molecule has 0 aliphatic carbocycles. The third-order valence-electron chi connectivity index (χ3n) is 3.41. The number of rotatable bonds is 4. The third-order valence-corrected chi connectivity index (χ3v) is 3.41. The van der Waals surface area contributed by atoms with Gasteiger partial charge < -0.3 is 5.11 Å². The number of hydrogen-bond donors (Lipinski definition) is 1. The van der Waals surface area contributed by atoms with Crippen LogP contribution in [0.4, 0.5) is 5.69 Å². The average Bonchev–Trinajstić information content (AvgIpc) is 2.67. The summed E-state index contributed by atoms with van der Waals surface area (Å²) in [6.07, 6.45) is 3.94. The molecule has 0 saturated carbocycles. The van der Waals surface area contributed by atoms with E-state index >= 15 is 0 Å². The third kappa shape index (κ3) is 3.56. The van der Waals surface area contributed by atoms with Crippen molar-refractivity contribution in [3.63, 3.8) is 0 Å². The largest absolute Gasteiger partial charge is 0.506 e. The van der Waals surface area contributed by atoms with Crippen molar-refractivity contribution in [2.24, 2.45) is 4.99 Å². The normalized spacial score (nSPS) is 10.8. The van der Waals surface area contributed by atoms with Crippen molar-refractivity contribution in [2.45, 2.75) is 0 Å². The van der Waals surface area contributed by atoms with Crippen LogP contribution in [0.5, 0.6) is 5.75 Å². The van der Waals surface area contributed by atoms with E-state index < -0.39 is 10.8 Å². The van der Waals surface area contributed by atoms with Gasteiger partial charge in [0.05, 0.1) is 17.3 Å². The first kappa shape index (κ1) is 16.8. The van der Waals surface area contributed by atoms with Crippen molar-refractivity contribution in [1.82, 2.24) is 15.2 Å². The van der Waals surface area contributed by atoms with Gasteiger partial charge in [-0.15, -0.1) is 5.10 Å². The molecule has 0 atom stereocenters. The van der Waals surface area contributed by atoms with E-state index in [-0.39, 0.29) is 22.8 Å². The molecule has 1 aromatic carbocycles. The van der Waals surface area contributed by atoms with Crippen molar-refractivity contribution in [3.05, 3.63) is 76.4 Å². The van der Waals surface area contributed by atoms with E-state index in [2.05, 4.69) is 20.2 Å². The summed E-state index contributed by atoms with van der Waals surface area (Å²) in [5.74, 6) is -0.841. The van der Waals surface area contributed by atoms with Crippen LogP contribution in [-0.2, 0) is 0 Å². The number of aliphatic imine (C=N–C) groups is 1. The van der Waals surface area contributed by atoms with Crippen LogP contribution < -0.4 is 0 Å². The second kappa shape index (κ2) is 7.26. The zero-order chi connectivity index (χ0) is 18.5. The number of pyridine rings is 1. The lowest BCUT2D eigenvalue weighted by Gasteiger charge is -2.05. The van der Waals surface area contributed by atoms with E-state index in [0.717, 1.165) is 6.21 Å². The van der Waals surface area contributed by atoms with E-state index in [1.165, 1.54) is 48.8 Å². The maximum Gasteiger partial charge on any atom is 0.298 e. The molecule has 128 valence electrons. The van der Waals surface area contributed by atoms with Crippen LogP contribution in [0.2, 0.25) is 0 Å². The van der Waals surface area contributed by atoms with Gasteiger partial charge in [0.25, 0.3) is 11.6 Å². The molecule has 0 radical (unpaired) electrons. The lowest BCUT2D eigenvalue weighted by molar-refractivity contribution is -0.384. The van der Waals surface area contributed by atoms with Crippen LogP contribution in [-0.4, -0.2) is 37.3 Å². The van der Waals surface area contributed by atoms with Crippen LogP contribution >= 0.6 is 0 Å². The van der Waals surface area contributed by atoms with Crippen LogP contribution in [0.3, 0.4) is 0 Å². The van der Waals surface area contributed by atoms with Crippen molar-refractivity contribution < 1.29 is 14.8 Å². The number of nitro groups is 1. The van der Waals surface area contributed by atoms with Crippen LogP contribution in [0.25, 0.3) is 11.1 Å². The number of carbonyl (C=O) groups excluding carboxylic acids is 1. The highest BCUT2D eigenvalue weighted by atomic mass is 16.6. The number of nitro benzene ring substituents is 1. The van der Waals surface area contributed by atoms with E-state index in [1.54, 1.807) is 6.07 Å². The molecule has 0 saturated heterocycles. The summed E-state index contributed by atoms with van der Waals surface area (Å²) >= 11 is 0. The summed E-state index contributed by atoms with van der Waals surface area (Å²) in [5, 5.41) is 28.1. The molecule has 0 aliphatic heterocycles. The quantitative estimate of drug-likeness (QED) is 0.434. The molecule has 0 fully saturated rings. The van der Waals surface area contributed by atoms with Gasteiger partial charge in [-0.1, -0.05) is 12.1 Å². The fourth-order valence-electron chi connectivity index (χ4n) is 2.20. The SMILES string of the molecule is O=C(N=Cc1ncccc1O)c1nnccc1-c1cccc([N+](=O)[O-])c1. The van der Waals surface area contributed by atoms with E-state index in [9.17, 15) is 20.0 Å². The Kier molecular flexibility index (Phi) is 4.70. The summed E-state index contributed by atoms with van der Waals surface area (Å²) in [5.41, 5.74) is 0.741. The highest BCUT2D eigenvalue weighted by molar-refractivity contribution is 6.04. The van der Waals surface area contributed by atoms with Crippen molar-refractivity contribution in [3.8, 4) is 16.9 Å². The van der Waals surface area contributed by atoms with Crippen LogP contribution in [0.1, 0.15) is 16.2 Å². The van der Waals surface area contributed by atoms with Gasteiger partial charge >= 0.3 is 0 Å². The Morgan fingerprint density at radius 1 is 1.19 bits per heavy atom. The van der Waals surface area contributed by atoms with Gasteiger partial charge in [-0.05, 0) is 23.8 Å². The zero-order valence-corrected chi connectivity index (χ0v) is 13.2. The highest BCUT2D eigenvalue weighted by Crippen LogP contribution is 2.26. The smallest absolute Gasteiger partial charge is 0.298 e. The Hall–Kier alpha value is -4.01. The Morgan fingerprint density at radius 3 is 2.81 bits per heavy atom.